The monoisotopic (exact) mass is 162 g/mol. The van der Waals surface area contributed by atoms with Gasteiger partial charge in [0.2, 0.25) is 5.91 Å². The highest BCUT2D eigenvalue weighted by molar-refractivity contribution is 7.13. The van der Waals surface area contributed by atoms with Crippen molar-refractivity contribution in [1.29, 1.82) is 0 Å². The van der Waals surface area contributed by atoms with E-state index in [1.165, 1.54) is 6.92 Å². The third-order valence-corrected chi connectivity index (χ3v) is 1.41. The number of nitrogens with one attached hydrogen (secondary N) is 2. The smallest absolute Gasteiger partial charge is 0.216 e. The Labute approximate surface area is 64.2 Å². The van der Waals surface area contributed by atoms with Gasteiger partial charge in [-0.05, 0) is 19.4 Å². The van der Waals surface area contributed by atoms with E-state index in [1.54, 1.807) is 0 Å². The van der Waals surface area contributed by atoms with Gasteiger partial charge in [0, 0.05) is 13.5 Å². The lowest BCUT2D eigenvalue weighted by Crippen LogP contribution is -2.21. The Morgan fingerprint density at radius 2 is 2.00 bits per heavy atom. The van der Waals surface area contributed by atoms with Crippen LogP contribution < -0.4 is 10.4 Å². The van der Waals surface area contributed by atoms with Crippen LogP contribution in [-0.2, 0) is 4.79 Å². The molecule has 1 unspecified atom stereocenters. The molecular weight excluding hydrogens is 147 g/mol. The Morgan fingerprint density at radius 3 is 2.50 bits per heavy atom. The van der Waals surface area contributed by atoms with Crippen LogP contribution in [0.2, 0.25) is 0 Å². The van der Waals surface area contributed by atoms with Crippen LogP contribution in [-0.4, -0.2) is 19.0 Å². The van der Waals surface area contributed by atoms with Crippen LogP contribution in [0, 0.1) is 0 Å². The van der Waals surface area contributed by atoms with Crippen LogP contribution in [0.25, 0.3) is 0 Å². The maximum Gasteiger partial charge on any atom is 0.216 e. The Hall–Kier alpha value is -0.140. The lowest BCUT2D eigenvalue weighted by molar-refractivity contribution is -0.118. The zero-order valence-electron chi connectivity index (χ0n) is 6.31. The number of hydrogen-bond donors (Lipinski definition) is 2. The molecule has 0 spiro atoms. The SMILES string of the molecule is CC(=O)NCCCCNP. The Morgan fingerprint density at radius 1 is 1.40 bits per heavy atom. The minimum Gasteiger partial charge on any atom is -0.356 e. The molecule has 0 aromatic carbocycles. The first-order chi connectivity index (χ1) is 4.77. The summed E-state index contributed by atoms with van der Waals surface area (Å²) in [5.74, 6) is 0.0545. The van der Waals surface area contributed by atoms with Gasteiger partial charge in [-0.1, -0.05) is 9.39 Å². The molecule has 1 atom stereocenters. The van der Waals surface area contributed by atoms with E-state index in [9.17, 15) is 4.79 Å². The average Bonchev–Trinajstić information content (AvgIpc) is 1.87. The molecule has 0 bridgehead atoms. The predicted molar refractivity (Wildman–Crippen MR) is 45.6 cm³/mol. The fourth-order valence-electron chi connectivity index (χ4n) is 0.616. The van der Waals surface area contributed by atoms with E-state index < -0.39 is 0 Å². The van der Waals surface area contributed by atoms with Gasteiger partial charge in [0.15, 0.2) is 0 Å². The molecule has 0 heterocycles. The van der Waals surface area contributed by atoms with Crippen LogP contribution in [0.1, 0.15) is 19.8 Å². The van der Waals surface area contributed by atoms with E-state index in [4.69, 9.17) is 0 Å². The number of amides is 1. The first-order valence-corrected chi connectivity index (χ1v) is 4.03. The van der Waals surface area contributed by atoms with Crippen molar-refractivity contribution < 1.29 is 4.79 Å². The summed E-state index contributed by atoms with van der Waals surface area (Å²) in [6, 6.07) is 0. The summed E-state index contributed by atoms with van der Waals surface area (Å²) in [7, 11) is 2.45. The molecule has 4 heteroatoms. The van der Waals surface area contributed by atoms with Crippen molar-refractivity contribution in [3.8, 4) is 0 Å². The van der Waals surface area contributed by atoms with Crippen molar-refractivity contribution in [2.45, 2.75) is 19.8 Å². The molecule has 0 fully saturated rings. The predicted octanol–water partition coefficient (Wildman–Crippen LogP) is 0.282. The van der Waals surface area contributed by atoms with Gasteiger partial charge < -0.3 is 10.4 Å². The summed E-state index contributed by atoms with van der Waals surface area (Å²) in [6.45, 7) is 3.32. The average molecular weight is 162 g/mol. The highest BCUT2D eigenvalue weighted by atomic mass is 31.0. The van der Waals surface area contributed by atoms with Gasteiger partial charge in [0.25, 0.3) is 0 Å². The summed E-state index contributed by atoms with van der Waals surface area (Å²) in [6.07, 6.45) is 2.14. The van der Waals surface area contributed by atoms with Gasteiger partial charge in [-0.25, -0.2) is 0 Å². The van der Waals surface area contributed by atoms with Crippen molar-refractivity contribution in [1.82, 2.24) is 10.4 Å². The number of hydrogen-bond acceptors (Lipinski definition) is 2. The lowest BCUT2D eigenvalue weighted by atomic mass is 10.3. The summed E-state index contributed by atoms with van der Waals surface area (Å²) < 4.78 is 0. The van der Waals surface area contributed by atoms with E-state index in [0.29, 0.717) is 0 Å². The van der Waals surface area contributed by atoms with Gasteiger partial charge in [0.05, 0.1) is 0 Å². The van der Waals surface area contributed by atoms with E-state index in [1.807, 2.05) is 0 Å². The summed E-state index contributed by atoms with van der Waals surface area (Å²) in [4.78, 5) is 10.3. The Balaban J connectivity index is 2.84. The second-order valence-electron chi connectivity index (χ2n) is 2.14. The van der Waals surface area contributed by atoms with Crippen LogP contribution in [0.4, 0.5) is 0 Å². The van der Waals surface area contributed by atoms with E-state index >= 15 is 0 Å². The molecule has 0 radical (unpaired) electrons. The van der Waals surface area contributed by atoms with Crippen molar-refractivity contribution in [2.24, 2.45) is 0 Å². The topological polar surface area (TPSA) is 41.1 Å². The molecule has 0 aliphatic carbocycles. The van der Waals surface area contributed by atoms with Crippen molar-refractivity contribution >= 4 is 15.3 Å². The number of carbonyl (C=O) groups is 1. The van der Waals surface area contributed by atoms with Crippen molar-refractivity contribution in [2.75, 3.05) is 13.1 Å². The molecule has 10 heavy (non-hydrogen) atoms. The highest BCUT2D eigenvalue weighted by Crippen LogP contribution is 1.85. The minimum atomic E-state index is 0.0545. The van der Waals surface area contributed by atoms with Gasteiger partial charge in [-0.3, -0.25) is 4.79 Å². The summed E-state index contributed by atoms with van der Waals surface area (Å²) >= 11 is 0. The molecule has 0 saturated heterocycles. The molecule has 3 nitrogen and oxygen atoms in total. The van der Waals surface area contributed by atoms with Crippen LogP contribution >= 0.6 is 9.39 Å². The third-order valence-electron chi connectivity index (χ3n) is 1.12. The number of unbranched alkanes of at least 4 members (excludes halogenated alkanes) is 1. The molecule has 0 rings (SSSR count). The first-order valence-electron chi connectivity index (χ1n) is 3.45. The molecule has 60 valence electrons. The number of carbonyl (C=O) groups excluding carboxylic acids is 1. The molecule has 0 aromatic rings. The molecule has 0 aliphatic rings. The highest BCUT2D eigenvalue weighted by Gasteiger charge is 1.88. The second kappa shape index (κ2) is 6.97. The van der Waals surface area contributed by atoms with Crippen molar-refractivity contribution in [3.05, 3.63) is 0 Å². The van der Waals surface area contributed by atoms with Gasteiger partial charge >= 0.3 is 0 Å². The maximum atomic E-state index is 10.3. The fraction of sp³-hybridized carbons (Fsp3) is 0.833. The summed E-state index contributed by atoms with van der Waals surface area (Å²) in [5, 5.41) is 5.69. The minimum absolute atomic E-state index is 0.0545. The standard InChI is InChI=1S/C6H15N2OP/c1-6(9)7-4-2-3-5-8-10/h8H,2-5,10H2,1H3,(H,7,9). The van der Waals surface area contributed by atoms with Gasteiger partial charge in [-0.2, -0.15) is 0 Å². The quantitative estimate of drug-likeness (QED) is 0.450. The largest absolute Gasteiger partial charge is 0.356 e. The van der Waals surface area contributed by atoms with E-state index in [0.717, 1.165) is 25.9 Å². The second-order valence-corrected chi connectivity index (χ2v) is 2.55. The lowest BCUT2D eigenvalue weighted by Gasteiger charge is -2.00. The molecule has 0 aliphatic heterocycles. The zero-order valence-corrected chi connectivity index (χ0v) is 7.47. The van der Waals surface area contributed by atoms with Crippen molar-refractivity contribution in [3.63, 3.8) is 0 Å². The molecule has 0 aromatic heterocycles. The third kappa shape index (κ3) is 7.86. The number of rotatable bonds is 5. The fourth-order valence-corrected chi connectivity index (χ4v) is 0.821. The van der Waals surface area contributed by atoms with Crippen LogP contribution in [0.15, 0.2) is 0 Å². The van der Waals surface area contributed by atoms with Crippen LogP contribution in [0.3, 0.4) is 0 Å². The molecular formula is C6H15N2OP. The van der Waals surface area contributed by atoms with Gasteiger partial charge in [0.1, 0.15) is 0 Å². The van der Waals surface area contributed by atoms with Crippen LogP contribution in [0.5, 0.6) is 0 Å². The first kappa shape index (κ1) is 9.86. The normalized spacial score (nSPS) is 9.40. The molecule has 2 N–H and O–H groups in total. The Bertz CT molecular complexity index is 97.7. The van der Waals surface area contributed by atoms with Gasteiger partial charge in [-0.15, -0.1) is 0 Å². The van der Waals surface area contributed by atoms with E-state index in [-0.39, 0.29) is 5.91 Å². The maximum absolute atomic E-state index is 10.3. The Kier molecular flexibility index (Phi) is 6.88. The molecule has 1 amide bonds. The zero-order chi connectivity index (χ0) is 7.82. The summed E-state index contributed by atoms with van der Waals surface area (Å²) in [5.41, 5.74) is 0. The molecule has 0 saturated carbocycles. The van der Waals surface area contributed by atoms with E-state index in [2.05, 4.69) is 19.8 Å².